The first kappa shape index (κ1) is 11.2. The van der Waals surface area contributed by atoms with Gasteiger partial charge < -0.3 is 9.52 Å². The van der Waals surface area contributed by atoms with Gasteiger partial charge in [-0.3, -0.25) is 10.1 Å². The quantitative estimate of drug-likeness (QED) is 0.562. The van der Waals surface area contributed by atoms with E-state index in [1.165, 1.54) is 18.2 Å². The third-order valence-electron chi connectivity index (χ3n) is 2.74. The highest BCUT2D eigenvalue weighted by molar-refractivity contribution is 5.78. The van der Waals surface area contributed by atoms with Crippen molar-refractivity contribution in [2.75, 3.05) is 0 Å². The van der Waals surface area contributed by atoms with Crippen LogP contribution in [0.5, 0.6) is 5.75 Å². The number of fused-ring (bicyclic) bond motifs is 1. The highest BCUT2D eigenvalue weighted by Crippen LogP contribution is 2.37. The van der Waals surface area contributed by atoms with Crippen LogP contribution >= 0.6 is 0 Å². The number of aromatic hydroxyl groups is 1. The SMILES string of the molecule is O=[N+]([O-])c1cccc(-c2nc3ccccc3o2)c1O. The van der Waals surface area contributed by atoms with E-state index in [2.05, 4.69) is 4.98 Å². The number of para-hydroxylation sites is 3. The zero-order valence-electron chi connectivity index (χ0n) is 9.61. The number of hydrogen-bond donors (Lipinski definition) is 1. The maximum absolute atomic E-state index is 10.8. The second-order valence-corrected chi connectivity index (χ2v) is 3.92. The molecule has 19 heavy (non-hydrogen) atoms. The highest BCUT2D eigenvalue weighted by atomic mass is 16.6. The summed E-state index contributed by atoms with van der Waals surface area (Å²) in [4.78, 5) is 14.3. The lowest BCUT2D eigenvalue weighted by Gasteiger charge is -2.00. The van der Waals surface area contributed by atoms with Crippen molar-refractivity contribution in [1.82, 2.24) is 4.98 Å². The predicted octanol–water partition coefficient (Wildman–Crippen LogP) is 3.11. The van der Waals surface area contributed by atoms with E-state index in [1.54, 1.807) is 18.2 Å². The predicted molar refractivity (Wildman–Crippen MR) is 67.8 cm³/mol. The first-order chi connectivity index (χ1) is 9.16. The summed E-state index contributed by atoms with van der Waals surface area (Å²) < 4.78 is 5.48. The van der Waals surface area contributed by atoms with E-state index in [4.69, 9.17) is 4.42 Å². The molecule has 6 nitrogen and oxygen atoms in total. The average molecular weight is 256 g/mol. The van der Waals surface area contributed by atoms with Crippen molar-refractivity contribution in [3.8, 4) is 17.2 Å². The van der Waals surface area contributed by atoms with Crippen molar-refractivity contribution in [2.24, 2.45) is 0 Å². The van der Waals surface area contributed by atoms with Crippen LogP contribution in [0.3, 0.4) is 0 Å². The molecule has 0 saturated carbocycles. The lowest BCUT2D eigenvalue weighted by molar-refractivity contribution is -0.385. The lowest BCUT2D eigenvalue weighted by atomic mass is 10.1. The van der Waals surface area contributed by atoms with Gasteiger partial charge in [0.25, 0.3) is 0 Å². The molecule has 0 unspecified atom stereocenters. The molecule has 6 heteroatoms. The van der Waals surface area contributed by atoms with Gasteiger partial charge in [-0.25, -0.2) is 4.98 Å². The van der Waals surface area contributed by atoms with Crippen molar-refractivity contribution >= 4 is 16.8 Å². The molecule has 2 aromatic carbocycles. The fraction of sp³-hybridized carbons (Fsp3) is 0. The molecular formula is C13H8N2O4. The van der Waals surface area contributed by atoms with Gasteiger partial charge in [0.15, 0.2) is 5.58 Å². The van der Waals surface area contributed by atoms with Crippen LogP contribution in [0, 0.1) is 10.1 Å². The van der Waals surface area contributed by atoms with E-state index in [-0.39, 0.29) is 17.1 Å². The minimum absolute atomic E-state index is 0.155. The van der Waals surface area contributed by atoms with Gasteiger partial charge in [0.1, 0.15) is 5.52 Å². The van der Waals surface area contributed by atoms with Crippen LogP contribution in [0.15, 0.2) is 46.9 Å². The van der Waals surface area contributed by atoms with E-state index in [9.17, 15) is 15.2 Å². The fourth-order valence-electron chi connectivity index (χ4n) is 1.84. The summed E-state index contributed by atoms with van der Waals surface area (Å²) in [6.45, 7) is 0. The molecule has 3 rings (SSSR count). The van der Waals surface area contributed by atoms with Crippen LogP contribution < -0.4 is 0 Å². The number of phenolic OH excluding ortho intramolecular Hbond substituents is 1. The monoisotopic (exact) mass is 256 g/mol. The molecule has 1 N–H and O–H groups in total. The summed E-state index contributed by atoms with van der Waals surface area (Å²) >= 11 is 0. The number of benzene rings is 2. The number of nitro benzene ring substituents is 1. The number of nitro groups is 1. The molecule has 0 aliphatic heterocycles. The molecule has 0 aliphatic rings. The molecule has 0 spiro atoms. The Morgan fingerprint density at radius 2 is 1.95 bits per heavy atom. The molecule has 0 atom stereocenters. The smallest absolute Gasteiger partial charge is 0.311 e. The van der Waals surface area contributed by atoms with Crippen LogP contribution in [0.4, 0.5) is 5.69 Å². The second kappa shape index (κ2) is 4.09. The molecule has 0 aliphatic carbocycles. The zero-order chi connectivity index (χ0) is 13.4. The first-order valence-corrected chi connectivity index (χ1v) is 5.49. The zero-order valence-corrected chi connectivity index (χ0v) is 9.61. The molecular weight excluding hydrogens is 248 g/mol. The Hall–Kier alpha value is -2.89. The van der Waals surface area contributed by atoms with Crippen molar-refractivity contribution in [2.45, 2.75) is 0 Å². The molecule has 0 saturated heterocycles. The van der Waals surface area contributed by atoms with Crippen molar-refractivity contribution in [3.63, 3.8) is 0 Å². The number of aromatic nitrogens is 1. The largest absolute Gasteiger partial charge is 0.502 e. The van der Waals surface area contributed by atoms with Gasteiger partial charge in [0, 0.05) is 6.07 Å². The van der Waals surface area contributed by atoms with Gasteiger partial charge in [-0.15, -0.1) is 0 Å². The van der Waals surface area contributed by atoms with Crippen molar-refractivity contribution in [3.05, 3.63) is 52.6 Å². The summed E-state index contributed by atoms with van der Waals surface area (Å²) in [5, 5.41) is 20.7. The van der Waals surface area contributed by atoms with E-state index in [0.29, 0.717) is 11.1 Å². The molecule has 0 radical (unpaired) electrons. The van der Waals surface area contributed by atoms with Crippen LogP contribution in [0.2, 0.25) is 0 Å². The van der Waals surface area contributed by atoms with Crippen LogP contribution in [0.1, 0.15) is 0 Å². The Balaban J connectivity index is 2.21. The van der Waals surface area contributed by atoms with E-state index in [0.717, 1.165) is 0 Å². The maximum Gasteiger partial charge on any atom is 0.311 e. The van der Waals surface area contributed by atoms with E-state index < -0.39 is 10.7 Å². The Kier molecular flexibility index (Phi) is 2.42. The second-order valence-electron chi connectivity index (χ2n) is 3.92. The maximum atomic E-state index is 10.8. The number of hydrogen-bond acceptors (Lipinski definition) is 5. The molecule has 1 heterocycles. The summed E-state index contributed by atoms with van der Waals surface area (Å²) in [7, 11) is 0. The minimum Gasteiger partial charge on any atom is -0.502 e. The molecule has 94 valence electrons. The fourth-order valence-corrected chi connectivity index (χ4v) is 1.84. The summed E-state index contributed by atoms with van der Waals surface area (Å²) in [6, 6.07) is 11.3. The Bertz CT molecular complexity index is 746. The lowest BCUT2D eigenvalue weighted by Crippen LogP contribution is -1.90. The van der Waals surface area contributed by atoms with Crippen LogP contribution in [-0.4, -0.2) is 15.0 Å². The van der Waals surface area contributed by atoms with Crippen molar-refractivity contribution < 1.29 is 14.4 Å². The number of phenols is 1. The standard InChI is InChI=1S/C13H8N2O4/c16-12-8(4-3-6-10(12)15(17)18)13-14-9-5-1-2-7-11(9)19-13/h1-7,16H. The summed E-state index contributed by atoms with van der Waals surface area (Å²) in [6.07, 6.45) is 0. The van der Waals surface area contributed by atoms with Crippen molar-refractivity contribution in [1.29, 1.82) is 0 Å². The molecule has 0 fully saturated rings. The highest BCUT2D eigenvalue weighted by Gasteiger charge is 2.20. The third kappa shape index (κ3) is 1.79. The molecule has 1 aromatic heterocycles. The van der Waals surface area contributed by atoms with Crippen LogP contribution in [0.25, 0.3) is 22.6 Å². The van der Waals surface area contributed by atoms with Gasteiger partial charge in [-0.2, -0.15) is 0 Å². The van der Waals surface area contributed by atoms with Gasteiger partial charge in [-0.05, 0) is 18.2 Å². The normalized spacial score (nSPS) is 10.7. The number of oxazole rings is 1. The Morgan fingerprint density at radius 3 is 2.68 bits per heavy atom. The number of rotatable bonds is 2. The van der Waals surface area contributed by atoms with Gasteiger partial charge >= 0.3 is 5.69 Å². The third-order valence-corrected chi connectivity index (χ3v) is 2.74. The Morgan fingerprint density at radius 1 is 1.16 bits per heavy atom. The van der Waals surface area contributed by atoms with E-state index >= 15 is 0 Å². The molecule has 0 bridgehead atoms. The molecule has 0 amide bonds. The van der Waals surface area contributed by atoms with Gasteiger partial charge in [0.2, 0.25) is 11.6 Å². The van der Waals surface area contributed by atoms with Gasteiger partial charge in [0.05, 0.1) is 10.5 Å². The molecule has 3 aromatic rings. The minimum atomic E-state index is -0.651. The number of nitrogens with zero attached hydrogens (tertiary/aromatic N) is 2. The van der Waals surface area contributed by atoms with Gasteiger partial charge in [-0.1, -0.05) is 18.2 Å². The first-order valence-electron chi connectivity index (χ1n) is 5.49. The topological polar surface area (TPSA) is 89.4 Å². The average Bonchev–Trinajstić information content (AvgIpc) is 2.82. The Labute approximate surface area is 107 Å². The summed E-state index contributed by atoms with van der Waals surface area (Å²) in [5.74, 6) is -0.290. The van der Waals surface area contributed by atoms with E-state index in [1.807, 2.05) is 6.07 Å². The van der Waals surface area contributed by atoms with Crippen LogP contribution in [-0.2, 0) is 0 Å². The summed E-state index contributed by atoms with van der Waals surface area (Å²) in [5.41, 5.74) is 1.01.